The van der Waals surface area contributed by atoms with Crippen LogP contribution in [0.25, 0.3) is 10.1 Å². The molecule has 2 aromatic carbocycles. The molecule has 0 bridgehead atoms. The lowest BCUT2D eigenvalue weighted by Crippen LogP contribution is -2.12. The number of hydrogen-bond donors (Lipinski definition) is 1. The molecule has 0 atom stereocenters. The third-order valence-electron chi connectivity index (χ3n) is 3.23. The highest BCUT2D eigenvalue weighted by Gasteiger charge is 2.12. The molecule has 1 aromatic heterocycles. The first-order valence-electron chi connectivity index (χ1n) is 6.52. The largest absolute Gasteiger partial charge is 0.322 e. The molecule has 0 aliphatic heterocycles. The smallest absolute Gasteiger partial charge is 0.255 e. The van der Waals surface area contributed by atoms with Crippen LogP contribution in [-0.4, -0.2) is 20.6 Å². The fraction of sp³-hybridized carbons (Fsp3) is 0.0625. The Hall–Kier alpha value is -2.18. The Labute approximate surface area is 132 Å². The molecule has 0 saturated carbocycles. The molecule has 22 heavy (non-hydrogen) atoms. The maximum Gasteiger partial charge on any atom is 0.255 e. The van der Waals surface area contributed by atoms with E-state index in [1.807, 2.05) is 29.6 Å². The maximum atomic E-state index is 12.3. The summed E-state index contributed by atoms with van der Waals surface area (Å²) < 4.78 is 24.3. The molecular weight excluding hydrogens is 318 g/mol. The van der Waals surface area contributed by atoms with Gasteiger partial charge in [0.05, 0.1) is 4.90 Å². The van der Waals surface area contributed by atoms with Gasteiger partial charge in [-0.3, -0.25) is 4.79 Å². The van der Waals surface area contributed by atoms with Crippen LogP contribution >= 0.6 is 11.3 Å². The molecule has 3 aromatic rings. The molecule has 3 rings (SSSR count). The molecule has 112 valence electrons. The molecule has 0 radical (unpaired) electrons. The fourth-order valence-electron chi connectivity index (χ4n) is 2.12. The Balaban J connectivity index is 1.88. The first-order chi connectivity index (χ1) is 10.4. The average molecular weight is 331 g/mol. The van der Waals surface area contributed by atoms with E-state index in [1.165, 1.54) is 12.1 Å². The van der Waals surface area contributed by atoms with E-state index in [1.54, 1.807) is 23.5 Å². The molecule has 6 heteroatoms. The van der Waals surface area contributed by atoms with Gasteiger partial charge in [-0.1, -0.05) is 6.07 Å². The monoisotopic (exact) mass is 331 g/mol. The van der Waals surface area contributed by atoms with Crippen molar-refractivity contribution in [3.05, 3.63) is 59.5 Å². The minimum absolute atomic E-state index is 0.133. The van der Waals surface area contributed by atoms with Crippen LogP contribution in [0.15, 0.2) is 58.8 Å². The number of carbonyl (C=O) groups excluding carboxylic acids is 1. The van der Waals surface area contributed by atoms with Crippen molar-refractivity contribution in [1.82, 2.24) is 0 Å². The molecular formula is C16H13NO3S2. The van der Waals surface area contributed by atoms with E-state index < -0.39 is 9.84 Å². The number of carbonyl (C=O) groups is 1. The molecule has 0 unspecified atom stereocenters. The summed E-state index contributed by atoms with van der Waals surface area (Å²) >= 11 is 1.64. The van der Waals surface area contributed by atoms with E-state index in [0.717, 1.165) is 16.3 Å². The van der Waals surface area contributed by atoms with Gasteiger partial charge in [0.1, 0.15) is 0 Å². The zero-order valence-corrected chi connectivity index (χ0v) is 13.4. The van der Waals surface area contributed by atoms with E-state index in [4.69, 9.17) is 0 Å². The average Bonchev–Trinajstić information content (AvgIpc) is 2.94. The van der Waals surface area contributed by atoms with Crippen LogP contribution < -0.4 is 5.32 Å². The van der Waals surface area contributed by atoms with Crippen molar-refractivity contribution in [2.45, 2.75) is 4.90 Å². The third kappa shape index (κ3) is 3.03. The van der Waals surface area contributed by atoms with Gasteiger partial charge in [0.25, 0.3) is 5.91 Å². The van der Waals surface area contributed by atoms with E-state index in [9.17, 15) is 13.2 Å². The van der Waals surface area contributed by atoms with Gasteiger partial charge in [-0.25, -0.2) is 8.42 Å². The maximum absolute atomic E-state index is 12.3. The summed E-state index contributed by atoms with van der Waals surface area (Å²) in [4.78, 5) is 12.4. The minimum atomic E-state index is -3.33. The summed E-state index contributed by atoms with van der Waals surface area (Å²) in [6.45, 7) is 0. The lowest BCUT2D eigenvalue weighted by atomic mass is 10.2. The Bertz CT molecular complexity index is 958. The van der Waals surface area contributed by atoms with Crippen LogP contribution in [0.4, 0.5) is 5.69 Å². The lowest BCUT2D eigenvalue weighted by molar-refractivity contribution is 0.102. The number of thiophene rings is 1. The van der Waals surface area contributed by atoms with Crippen LogP contribution in [0.2, 0.25) is 0 Å². The van der Waals surface area contributed by atoms with Crippen molar-refractivity contribution in [2.24, 2.45) is 0 Å². The van der Waals surface area contributed by atoms with Gasteiger partial charge in [-0.05, 0) is 53.2 Å². The van der Waals surface area contributed by atoms with Gasteiger partial charge >= 0.3 is 0 Å². The molecule has 0 saturated heterocycles. The summed E-state index contributed by atoms with van der Waals surface area (Å²) in [5.41, 5.74) is 0.994. The quantitative estimate of drug-likeness (QED) is 0.798. The molecule has 1 amide bonds. The van der Waals surface area contributed by atoms with Crippen LogP contribution in [0.5, 0.6) is 0 Å². The van der Waals surface area contributed by atoms with Crippen molar-refractivity contribution >= 4 is 42.9 Å². The summed E-state index contributed by atoms with van der Waals surface area (Å²) in [6, 6.07) is 13.7. The van der Waals surface area contributed by atoms with E-state index in [2.05, 4.69) is 5.32 Å². The summed E-state index contributed by atoms with van der Waals surface area (Å²) in [6.07, 6.45) is 1.12. The second-order valence-electron chi connectivity index (χ2n) is 4.93. The molecule has 0 aliphatic rings. The van der Waals surface area contributed by atoms with E-state index >= 15 is 0 Å². The van der Waals surface area contributed by atoms with Gasteiger partial charge < -0.3 is 5.32 Å². The predicted molar refractivity (Wildman–Crippen MR) is 89.3 cm³/mol. The molecule has 1 N–H and O–H groups in total. The zero-order valence-electron chi connectivity index (χ0n) is 11.7. The third-order valence-corrected chi connectivity index (χ3v) is 5.24. The van der Waals surface area contributed by atoms with Gasteiger partial charge in [0.15, 0.2) is 9.84 Å². The van der Waals surface area contributed by atoms with Crippen molar-refractivity contribution in [3.63, 3.8) is 0 Å². The lowest BCUT2D eigenvalue weighted by Gasteiger charge is -2.07. The highest BCUT2D eigenvalue weighted by Crippen LogP contribution is 2.24. The number of fused-ring (bicyclic) bond motifs is 1. The highest BCUT2D eigenvalue weighted by molar-refractivity contribution is 7.90. The van der Waals surface area contributed by atoms with Gasteiger partial charge in [-0.2, -0.15) is 0 Å². The number of hydrogen-bond acceptors (Lipinski definition) is 4. The second kappa shape index (κ2) is 5.55. The summed E-state index contributed by atoms with van der Waals surface area (Å²) in [5.74, 6) is -0.333. The van der Waals surface area contributed by atoms with Crippen molar-refractivity contribution in [2.75, 3.05) is 11.6 Å². The number of sulfone groups is 1. The Morgan fingerprint density at radius 1 is 1.09 bits per heavy atom. The van der Waals surface area contributed by atoms with Crippen molar-refractivity contribution < 1.29 is 13.2 Å². The Morgan fingerprint density at radius 3 is 2.68 bits per heavy atom. The van der Waals surface area contributed by atoms with Crippen LogP contribution in [0.1, 0.15) is 10.4 Å². The number of rotatable bonds is 3. The summed E-state index contributed by atoms with van der Waals surface area (Å²) in [7, 11) is -3.33. The second-order valence-corrected chi connectivity index (χ2v) is 7.89. The zero-order chi connectivity index (χ0) is 15.7. The van der Waals surface area contributed by atoms with Crippen molar-refractivity contribution in [1.29, 1.82) is 0 Å². The van der Waals surface area contributed by atoms with Crippen LogP contribution in [-0.2, 0) is 9.84 Å². The normalized spacial score (nSPS) is 11.5. The first kappa shape index (κ1) is 14.7. The molecule has 4 nitrogen and oxygen atoms in total. The number of amides is 1. The van der Waals surface area contributed by atoms with Gasteiger partial charge in [-0.15, -0.1) is 11.3 Å². The molecule has 0 aliphatic carbocycles. The van der Waals surface area contributed by atoms with Gasteiger partial charge in [0, 0.05) is 22.2 Å². The van der Waals surface area contributed by atoms with Crippen LogP contribution in [0, 0.1) is 0 Å². The Morgan fingerprint density at radius 2 is 1.91 bits per heavy atom. The van der Waals surface area contributed by atoms with E-state index in [-0.39, 0.29) is 10.8 Å². The highest BCUT2D eigenvalue weighted by atomic mass is 32.2. The standard InChI is InChI=1S/C16H13NO3S2/c1-22(19,20)14-4-2-3-12(10-14)16(18)17-13-5-6-15-11(9-13)7-8-21-15/h2-10H,1H3,(H,17,18). The molecule has 1 heterocycles. The molecule has 0 spiro atoms. The van der Waals surface area contributed by atoms with E-state index in [0.29, 0.717) is 11.3 Å². The number of anilines is 1. The van der Waals surface area contributed by atoms with Crippen LogP contribution in [0.3, 0.4) is 0 Å². The fourth-order valence-corrected chi connectivity index (χ4v) is 3.55. The van der Waals surface area contributed by atoms with Crippen molar-refractivity contribution in [3.8, 4) is 0 Å². The number of benzene rings is 2. The molecule has 0 fully saturated rings. The SMILES string of the molecule is CS(=O)(=O)c1cccc(C(=O)Nc2ccc3sccc3c2)c1. The number of nitrogens with one attached hydrogen (secondary N) is 1. The Kier molecular flexibility index (Phi) is 3.72. The minimum Gasteiger partial charge on any atom is -0.322 e. The summed E-state index contributed by atoms with van der Waals surface area (Å²) in [5, 5.41) is 5.84. The predicted octanol–water partition coefficient (Wildman–Crippen LogP) is 3.56. The first-order valence-corrected chi connectivity index (χ1v) is 9.29. The van der Waals surface area contributed by atoms with Gasteiger partial charge in [0.2, 0.25) is 0 Å². The topological polar surface area (TPSA) is 63.2 Å².